The van der Waals surface area contributed by atoms with Crippen molar-refractivity contribution in [1.29, 1.82) is 0 Å². The van der Waals surface area contributed by atoms with E-state index in [4.69, 9.17) is 15.7 Å². The highest BCUT2D eigenvalue weighted by Gasteiger charge is 2.27. The standard InChI is InChI=1S/C8H13N5O3S/c9-12-11-5-1-2-13(8(15)10-5)6-4-16-7(3-14)17-6/h1-2,6-7,12,14H,3-4,9H2,(H,10,11,15). The lowest BCUT2D eigenvalue weighted by molar-refractivity contribution is 0.0803. The van der Waals surface area contributed by atoms with Crippen LogP contribution in [0.1, 0.15) is 5.37 Å². The molecule has 1 fully saturated rings. The van der Waals surface area contributed by atoms with Gasteiger partial charge in [0.1, 0.15) is 16.6 Å². The number of hydrogen-bond donors (Lipinski definition) is 4. The van der Waals surface area contributed by atoms with Crippen LogP contribution in [-0.2, 0) is 4.74 Å². The molecule has 0 amide bonds. The largest absolute Gasteiger partial charge is 0.393 e. The molecule has 8 nitrogen and oxygen atoms in total. The Balaban J connectivity index is 2.14. The van der Waals surface area contributed by atoms with Gasteiger partial charge in [-0.2, -0.15) is 10.5 Å². The van der Waals surface area contributed by atoms with Crippen LogP contribution in [0.4, 0.5) is 5.82 Å². The van der Waals surface area contributed by atoms with Crippen molar-refractivity contribution in [3.8, 4) is 0 Å². The molecule has 2 heterocycles. The van der Waals surface area contributed by atoms with Crippen LogP contribution in [0.2, 0.25) is 0 Å². The first-order chi connectivity index (χ1) is 8.24. The molecule has 1 aromatic heterocycles. The molecule has 1 aliphatic heterocycles. The van der Waals surface area contributed by atoms with Gasteiger partial charge in [0.05, 0.1) is 13.2 Å². The Morgan fingerprint density at radius 2 is 2.59 bits per heavy atom. The molecule has 1 aliphatic rings. The van der Waals surface area contributed by atoms with Crippen LogP contribution in [0, 0.1) is 0 Å². The van der Waals surface area contributed by atoms with E-state index < -0.39 is 5.69 Å². The number of hydrazine groups is 2. The van der Waals surface area contributed by atoms with Gasteiger partial charge in [-0.15, -0.1) is 11.8 Å². The van der Waals surface area contributed by atoms with Gasteiger partial charge in [-0.05, 0) is 6.07 Å². The number of anilines is 1. The zero-order chi connectivity index (χ0) is 12.3. The van der Waals surface area contributed by atoms with Crippen molar-refractivity contribution in [1.82, 2.24) is 15.1 Å². The second-order valence-corrected chi connectivity index (χ2v) is 4.65. The fraction of sp³-hybridized carbons (Fsp3) is 0.500. The topological polar surface area (TPSA) is 114 Å². The first-order valence-corrected chi connectivity index (χ1v) is 5.87. The number of thioether (sulfide) groups is 1. The minimum absolute atomic E-state index is 0.0694. The summed E-state index contributed by atoms with van der Waals surface area (Å²) in [6, 6.07) is 1.62. The lowest BCUT2D eigenvalue weighted by Crippen LogP contribution is -2.32. The second-order valence-electron chi connectivity index (χ2n) is 3.31. The SMILES string of the molecule is NNNc1ccn(C2COC(CO)S2)c(=O)n1. The summed E-state index contributed by atoms with van der Waals surface area (Å²) < 4.78 is 6.74. The van der Waals surface area contributed by atoms with E-state index in [0.717, 1.165) is 0 Å². The molecule has 0 spiro atoms. The second kappa shape index (κ2) is 5.47. The Morgan fingerprint density at radius 1 is 1.76 bits per heavy atom. The lowest BCUT2D eigenvalue weighted by Gasteiger charge is -2.11. The third kappa shape index (κ3) is 2.76. The van der Waals surface area contributed by atoms with Crippen molar-refractivity contribution < 1.29 is 9.84 Å². The average molecular weight is 259 g/mol. The fourth-order valence-electron chi connectivity index (χ4n) is 1.46. The van der Waals surface area contributed by atoms with Crippen LogP contribution in [0.5, 0.6) is 0 Å². The van der Waals surface area contributed by atoms with Crippen LogP contribution >= 0.6 is 11.8 Å². The smallest absolute Gasteiger partial charge is 0.350 e. The quantitative estimate of drug-likeness (QED) is 0.386. The molecule has 0 bridgehead atoms. The number of aliphatic hydroxyl groups is 1. The molecule has 17 heavy (non-hydrogen) atoms. The van der Waals surface area contributed by atoms with Gasteiger partial charge in [-0.3, -0.25) is 15.8 Å². The first-order valence-electron chi connectivity index (χ1n) is 4.93. The molecular formula is C8H13N5O3S. The molecule has 1 aromatic rings. The van der Waals surface area contributed by atoms with Gasteiger partial charge < -0.3 is 9.84 Å². The molecular weight excluding hydrogens is 246 g/mol. The molecule has 0 aliphatic carbocycles. The van der Waals surface area contributed by atoms with Gasteiger partial charge >= 0.3 is 5.69 Å². The number of nitrogens with two attached hydrogens (primary N) is 1. The minimum Gasteiger partial charge on any atom is -0.393 e. The number of rotatable bonds is 4. The summed E-state index contributed by atoms with van der Waals surface area (Å²) in [7, 11) is 0. The Labute approximate surface area is 101 Å². The molecule has 2 atom stereocenters. The normalized spacial score (nSPS) is 23.9. The summed E-state index contributed by atoms with van der Waals surface area (Å²) >= 11 is 1.39. The highest BCUT2D eigenvalue weighted by molar-refractivity contribution is 8.00. The van der Waals surface area contributed by atoms with E-state index in [1.807, 2.05) is 0 Å². The van der Waals surface area contributed by atoms with Gasteiger partial charge in [0.2, 0.25) is 0 Å². The predicted octanol–water partition coefficient (Wildman–Crippen LogP) is -1.39. The lowest BCUT2D eigenvalue weighted by atomic mass is 10.5. The Bertz CT molecular complexity index is 439. The summed E-state index contributed by atoms with van der Waals surface area (Å²) in [5.74, 6) is 5.39. The third-order valence-corrected chi connectivity index (χ3v) is 3.49. The monoisotopic (exact) mass is 259 g/mol. The minimum atomic E-state index is -0.398. The van der Waals surface area contributed by atoms with E-state index in [2.05, 4.69) is 15.9 Å². The van der Waals surface area contributed by atoms with Crippen molar-refractivity contribution in [2.75, 3.05) is 18.6 Å². The molecule has 0 saturated carbocycles. The van der Waals surface area contributed by atoms with E-state index >= 15 is 0 Å². The highest BCUT2D eigenvalue weighted by atomic mass is 32.2. The Morgan fingerprint density at radius 3 is 3.18 bits per heavy atom. The Kier molecular flexibility index (Phi) is 3.97. The molecule has 94 valence electrons. The molecule has 5 N–H and O–H groups in total. The van der Waals surface area contributed by atoms with Gasteiger partial charge in [-0.25, -0.2) is 4.79 Å². The number of hydrogen-bond acceptors (Lipinski definition) is 8. The summed E-state index contributed by atoms with van der Waals surface area (Å²) in [5, 5.41) is 8.77. The number of nitrogens with zero attached hydrogens (tertiary/aromatic N) is 2. The third-order valence-electron chi connectivity index (χ3n) is 2.22. The van der Waals surface area contributed by atoms with Crippen molar-refractivity contribution in [3.63, 3.8) is 0 Å². The highest BCUT2D eigenvalue weighted by Crippen LogP contribution is 2.34. The van der Waals surface area contributed by atoms with E-state index in [1.165, 1.54) is 16.3 Å². The molecule has 2 rings (SSSR count). The zero-order valence-corrected chi connectivity index (χ0v) is 9.68. The molecule has 0 radical (unpaired) electrons. The van der Waals surface area contributed by atoms with Crippen LogP contribution in [0.25, 0.3) is 0 Å². The number of aliphatic hydroxyl groups excluding tert-OH is 1. The van der Waals surface area contributed by atoms with Crippen molar-refractivity contribution in [2.24, 2.45) is 5.84 Å². The summed E-state index contributed by atoms with van der Waals surface area (Å²) in [6.07, 6.45) is 1.61. The summed E-state index contributed by atoms with van der Waals surface area (Å²) in [4.78, 5) is 15.5. The van der Waals surface area contributed by atoms with Gasteiger partial charge in [-0.1, -0.05) is 0 Å². The maximum atomic E-state index is 11.7. The zero-order valence-electron chi connectivity index (χ0n) is 8.87. The van der Waals surface area contributed by atoms with Gasteiger partial charge in [0.15, 0.2) is 0 Å². The molecule has 9 heteroatoms. The number of nitrogens with one attached hydrogen (secondary N) is 2. The number of ether oxygens (including phenoxy) is 1. The fourth-order valence-corrected chi connectivity index (χ4v) is 2.50. The van der Waals surface area contributed by atoms with E-state index in [9.17, 15) is 4.79 Å². The molecule has 1 saturated heterocycles. The maximum absolute atomic E-state index is 11.7. The van der Waals surface area contributed by atoms with Crippen LogP contribution in [0.3, 0.4) is 0 Å². The van der Waals surface area contributed by atoms with Crippen LogP contribution < -0.4 is 22.5 Å². The van der Waals surface area contributed by atoms with Crippen molar-refractivity contribution in [3.05, 3.63) is 22.7 Å². The van der Waals surface area contributed by atoms with Crippen LogP contribution in [0.15, 0.2) is 17.1 Å². The predicted molar refractivity (Wildman–Crippen MR) is 62.9 cm³/mol. The van der Waals surface area contributed by atoms with E-state index in [1.54, 1.807) is 12.3 Å². The number of aromatic nitrogens is 2. The summed E-state index contributed by atoms with van der Waals surface area (Å²) in [5.41, 5.74) is 4.02. The first kappa shape index (κ1) is 12.3. The van der Waals surface area contributed by atoms with Gasteiger partial charge in [0.25, 0.3) is 0 Å². The van der Waals surface area contributed by atoms with Crippen molar-refractivity contribution >= 4 is 17.6 Å². The van der Waals surface area contributed by atoms with Crippen molar-refractivity contribution in [2.45, 2.75) is 10.8 Å². The average Bonchev–Trinajstić information content (AvgIpc) is 2.78. The van der Waals surface area contributed by atoms with Gasteiger partial charge in [0, 0.05) is 6.20 Å². The Hall–Kier alpha value is -1.13. The van der Waals surface area contributed by atoms with E-state index in [0.29, 0.717) is 12.4 Å². The molecule has 2 unspecified atom stereocenters. The van der Waals surface area contributed by atoms with E-state index in [-0.39, 0.29) is 17.4 Å². The van der Waals surface area contributed by atoms with Crippen LogP contribution in [-0.4, -0.2) is 33.3 Å². The summed E-state index contributed by atoms with van der Waals surface area (Å²) in [6.45, 7) is 0.305. The maximum Gasteiger partial charge on any atom is 0.350 e. The molecule has 0 aromatic carbocycles.